The molecule has 0 amide bonds. The van der Waals surface area contributed by atoms with Gasteiger partial charge in [-0.3, -0.25) is 0 Å². The summed E-state index contributed by atoms with van der Waals surface area (Å²) in [6.45, 7) is 2.40. The van der Waals surface area contributed by atoms with Gasteiger partial charge in [-0.25, -0.2) is 4.39 Å². The van der Waals surface area contributed by atoms with Crippen molar-refractivity contribution in [2.24, 2.45) is 0 Å². The van der Waals surface area contributed by atoms with Crippen molar-refractivity contribution in [1.29, 1.82) is 0 Å². The zero-order chi connectivity index (χ0) is 9.97. The predicted molar refractivity (Wildman–Crippen MR) is 49.9 cm³/mol. The van der Waals surface area contributed by atoms with Crippen LogP contribution in [0.25, 0.3) is 0 Å². The lowest BCUT2D eigenvalue weighted by Crippen LogP contribution is -2.29. The van der Waals surface area contributed by atoms with Crippen LogP contribution in [0.3, 0.4) is 0 Å². The number of halogens is 1. The number of anilines is 1. The number of hydrogen-bond acceptors (Lipinski definition) is 4. The Morgan fingerprint density at radius 2 is 2.29 bits per heavy atom. The van der Waals surface area contributed by atoms with Gasteiger partial charge in [0.05, 0.1) is 24.9 Å². The van der Waals surface area contributed by atoms with Crippen LogP contribution in [-0.2, 0) is 4.74 Å². The molecule has 4 nitrogen and oxygen atoms in total. The summed E-state index contributed by atoms with van der Waals surface area (Å²) in [5.74, 6) is 0.591. The zero-order valence-corrected chi connectivity index (χ0v) is 7.90. The number of nitrogens with zero attached hydrogens (tertiary/aromatic N) is 2. The summed E-state index contributed by atoms with van der Waals surface area (Å²) in [7, 11) is 0. The Morgan fingerprint density at radius 3 is 2.86 bits per heavy atom. The first-order valence-electron chi connectivity index (χ1n) is 4.54. The number of ether oxygens (including phenoxy) is 1. The number of hydrogen-bond donors (Lipinski definition) is 1. The van der Waals surface area contributed by atoms with Crippen molar-refractivity contribution in [3.63, 3.8) is 0 Å². The van der Waals surface area contributed by atoms with Crippen molar-refractivity contribution in [3.8, 4) is 0 Å². The van der Waals surface area contributed by atoms with Gasteiger partial charge in [0.1, 0.15) is 12.0 Å². The first-order valence-corrected chi connectivity index (χ1v) is 4.54. The summed E-state index contributed by atoms with van der Waals surface area (Å²) in [4.78, 5) is 0. The van der Waals surface area contributed by atoms with Crippen LogP contribution < -0.4 is 5.32 Å². The molecule has 1 N–H and O–H groups in total. The number of aryl methyl sites for hydroxylation is 1. The van der Waals surface area contributed by atoms with Gasteiger partial charge in [-0.15, -0.1) is 5.10 Å². The van der Waals surface area contributed by atoms with E-state index in [1.54, 1.807) is 6.07 Å². The van der Waals surface area contributed by atoms with Crippen molar-refractivity contribution in [2.45, 2.75) is 19.1 Å². The molecule has 0 saturated carbocycles. The Balaban J connectivity index is 2.00. The third-order valence-corrected chi connectivity index (χ3v) is 2.14. The summed E-state index contributed by atoms with van der Waals surface area (Å²) in [5, 5.41) is 10.7. The summed E-state index contributed by atoms with van der Waals surface area (Å²) in [6.07, 6.45) is -0.960. The summed E-state index contributed by atoms with van der Waals surface area (Å²) < 4.78 is 18.1. The van der Waals surface area contributed by atoms with Crippen LogP contribution in [0.2, 0.25) is 0 Å². The molecule has 0 bridgehead atoms. The minimum atomic E-state index is -0.960. The van der Waals surface area contributed by atoms with Crippen molar-refractivity contribution in [2.75, 3.05) is 18.5 Å². The number of nitrogens with one attached hydrogen (secondary N) is 1. The molecule has 1 aromatic heterocycles. The molecule has 1 saturated heterocycles. The van der Waals surface area contributed by atoms with E-state index in [9.17, 15) is 4.39 Å². The predicted octanol–water partition coefficient (Wildman–Crippen LogP) is 0.934. The average Bonchev–Trinajstić information content (AvgIpc) is 2.56. The monoisotopic (exact) mass is 197 g/mol. The third kappa shape index (κ3) is 1.98. The van der Waals surface area contributed by atoms with Crippen LogP contribution >= 0.6 is 0 Å². The van der Waals surface area contributed by atoms with Crippen molar-refractivity contribution in [3.05, 3.63) is 17.8 Å². The van der Waals surface area contributed by atoms with Crippen molar-refractivity contribution in [1.82, 2.24) is 10.2 Å². The Hall–Kier alpha value is -1.23. The second-order valence-corrected chi connectivity index (χ2v) is 3.36. The topological polar surface area (TPSA) is 47.0 Å². The molecule has 0 aliphatic carbocycles. The highest BCUT2D eigenvalue weighted by Gasteiger charge is 2.27. The van der Waals surface area contributed by atoms with E-state index in [1.165, 1.54) is 0 Å². The van der Waals surface area contributed by atoms with E-state index in [4.69, 9.17) is 4.74 Å². The van der Waals surface area contributed by atoms with Crippen LogP contribution in [0.4, 0.5) is 10.2 Å². The van der Waals surface area contributed by atoms with Crippen LogP contribution in [0.5, 0.6) is 0 Å². The largest absolute Gasteiger partial charge is 0.376 e. The van der Waals surface area contributed by atoms with Gasteiger partial charge in [-0.05, 0) is 19.1 Å². The number of rotatable bonds is 2. The van der Waals surface area contributed by atoms with Gasteiger partial charge >= 0.3 is 0 Å². The maximum Gasteiger partial charge on any atom is 0.149 e. The molecule has 0 spiro atoms. The van der Waals surface area contributed by atoms with Crippen LogP contribution in [0, 0.1) is 6.92 Å². The van der Waals surface area contributed by atoms with Crippen molar-refractivity contribution >= 4 is 5.82 Å². The summed E-state index contributed by atoms with van der Waals surface area (Å²) in [5.41, 5.74) is 0.843. The average molecular weight is 197 g/mol. The maximum atomic E-state index is 13.1. The van der Waals surface area contributed by atoms with Gasteiger partial charge in [0.15, 0.2) is 0 Å². The van der Waals surface area contributed by atoms with Gasteiger partial charge in [0, 0.05) is 0 Å². The molecule has 2 unspecified atom stereocenters. The van der Waals surface area contributed by atoms with E-state index in [0.29, 0.717) is 12.4 Å². The molecule has 5 heteroatoms. The normalized spacial score (nSPS) is 26.4. The lowest BCUT2D eigenvalue weighted by molar-refractivity contribution is 0.173. The fourth-order valence-corrected chi connectivity index (χ4v) is 1.33. The van der Waals surface area contributed by atoms with E-state index in [2.05, 4.69) is 15.5 Å². The molecule has 2 heterocycles. The van der Waals surface area contributed by atoms with Crippen LogP contribution in [-0.4, -0.2) is 35.6 Å². The molecular formula is C9H12FN3O. The SMILES string of the molecule is Cc1ccc(NC2COCC2F)nn1. The van der Waals surface area contributed by atoms with E-state index < -0.39 is 6.17 Å². The Morgan fingerprint density at radius 1 is 1.43 bits per heavy atom. The van der Waals surface area contributed by atoms with Crippen LogP contribution in [0.15, 0.2) is 12.1 Å². The first kappa shape index (κ1) is 9.33. The van der Waals surface area contributed by atoms with Gasteiger partial charge in [0.25, 0.3) is 0 Å². The molecule has 14 heavy (non-hydrogen) atoms. The molecule has 1 aliphatic rings. The quantitative estimate of drug-likeness (QED) is 0.766. The minimum Gasteiger partial charge on any atom is -0.376 e. The second kappa shape index (κ2) is 3.88. The Labute approximate surface area is 81.5 Å². The molecule has 76 valence electrons. The van der Waals surface area contributed by atoms with Gasteiger partial charge in [-0.2, -0.15) is 5.10 Å². The fourth-order valence-electron chi connectivity index (χ4n) is 1.33. The Bertz CT molecular complexity index is 303. The molecule has 0 aromatic carbocycles. The lowest BCUT2D eigenvalue weighted by atomic mass is 10.2. The molecule has 0 radical (unpaired) electrons. The van der Waals surface area contributed by atoms with Gasteiger partial charge < -0.3 is 10.1 Å². The second-order valence-electron chi connectivity index (χ2n) is 3.36. The smallest absolute Gasteiger partial charge is 0.149 e. The lowest BCUT2D eigenvalue weighted by Gasteiger charge is -2.12. The molecule has 2 rings (SSSR count). The molecule has 1 fully saturated rings. The van der Waals surface area contributed by atoms with E-state index in [0.717, 1.165) is 5.69 Å². The number of aromatic nitrogens is 2. The number of alkyl halides is 1. The summed E-state index contributed by atoms with van der Waals surface area (Å²) >= 11 is 0. The van der Waals surface area contributed by atoms with E-state index >= 15 is 0 Å². The summed E-state index contributed by atoms with van der Waals surface area (Å²) in [6, 6.07) is 3.32. The zero-order valence-electron chi connectivity index (χ0n) is 7.90. The highest BCUT2D eigenvalue weighted by molar-refractivity contribution is 5.34. The fraction of sp³-hybridized carbons (Fsp3) is 0.556. The molecular weight excluding hydrogens is 185 g/mol. The highest BCUT2D eigenvalue weighted by atomic mass is 19.1. The first-order chi connectivity index (χ1) is 6.75. The minimum absolute atomic E-state index is 0.164. The van der Waals surface area contributed by atoms with Gasteiger partial charge in [-0.1, -0.05) is 0 Å². The van der Waals surface area contributed by atoms with E-state index in [-0.39, 0.29) is 12.6 Å². The highest BCUT2D eigenvalue weighted by Crippen LogP contribution is 2.14. The third-order valence-electron chi connectivity index (χ3n) is 2.14. The van der Waals surface area contributed by atoms with Crippen molar-refractivity contribution < 1.29 is 9.13 Å². The van der Waals surface area contributed by atoms with Gasteiger partial charge in [0.2, 0.25) is 0 Å². The standard InChI is InChI=1S/C9H12FN3O/c1-6-2-3-9(13-12-6)11-8-5-14-4-7(8)10/h2-3,7-8H,4-5H2,1H3,(H,11,13). The van der Waals surface area contributed by atoms with Crippen LogP contribution in [0.1, 0.15) is 5.69 Å². The Kier molecular flexibility index (Phi) is 2.58. The molecule has 1 aromatic rings. The molecule has 2 atom stereocenters. The van der Waals surface area contributed by atoms with E-state index in [1.807, 2.05) is 13.0 Å². The molecule has 1 aliphatic heterocycles. The maximum absolute atomic E-state index is 13.1.